The Morgan fingerprint density at radius 1 is 1.27 bits per heavy atom. The fraction of sp³-hybridized carbons (Fsp3) is 1.00. The minimum absolute atomic E-state index is 0.836. The average molecular weight is 277 g/mol. The fourth-order valence-corrected chi connectivity index (χ4v) is 2.64. The van der Waals surface area contributed by atoms with Crippen LogP contribution in [0, 0.1) is 0 Å². The van der Waals surface area contributed by atoms with Gasteiger partial charge in [-0.15, -0.1) is 0 Å². The largest absolute Gasteiger partial charge is 0.317 e. The Morgan fingerprint density at radius 3 is 2.87 bits per heavy atom. The van der Waals surface area contributed by atoms with Crippen LogP contribution in [0.3, 0.4) is 0 Å². The van der Waals surface area contributed by atoms with Crippen molar-refractivity contribution in [3.63, 3.8) is 0 Å². The van der Waals surface area contributed by atoms with E-state index in [0.717, 1.165) is 11.4 Å². The van der Waals surface area contributed by atoms with Gasteiger partial charge in [-0.2, -0.15) is 0 Å². The third-order valence-corrected chi connectivity index (χ3v) is 3.87. The van der Waals surface area contributed by atoms with Crippen molar-refractivity contribution in [2.24, 2.45) is 0 Å². The van der Waals surface area contributed by atoms with Crippen LogP contribution in [-0.2, 0) is 0 Å². The van der Waals surface area contributed by atoms with Crippen molar-refractivity contribution < 1.29 is 0 Å². The summed E-state index contributed by atoms with van der Waals surface area (Å²) in [6, 6.07) is 0.836. The molecule has 1 heterocycles. The number of alkyl halides is 1. The zero-order valence-corrected chi connectivity index (χ0v) is 11.6. The van der Waals surface area contributed by atoms with Gasteiger partial charge in [-0.25, -0.2) is 0 Å². The number of rotatable bonds is 7. The summed E-state index contributed by atoms with van der Waals surface area (Å²) in [6.45, 7) is 3.67. The van der Waals surface area contributed by atoms with Gasteiger partial charge in [0.15, 0.2) is 0 Å². The Bertz CT molecular complexity index is 153. The Balaban J connectivity index is 1.94. The van der Waals surface area contributed by atoms with Crippen molar-refractivity contribution in [1.29, 1.82) is 0 Å². The van der Waals surface area contributed by atoms with E-state index in [1.165, 1.54) is 58.2 Å². The molecule has 90 valence electrons. The first-order chi connectivity index (χ1) is 7.34. The monoisotopic (exact) mass is 276 g/mol. The molecule has 1 unspecified atom stereocenters. The standard InChI is InChI=1S/C12H25BrN2/c1-15-11-5-2-6-12(15)7-10-14-9-4-3-8-13/h12,14H,2-11H2,1H3. The lowest BCUT2D eigenvalue weighted by atomic mass is 10.0. The molecule has 0 aromatic carbocycles. The molecule has 1 fully saturated rings. The van der Waals surface area contributed by atoms with Crippen LogP contribution < -0.4 is 5.32 Å². The van der Waals surface area contributed by atoms with E-state index in [2.05, 4.69) is 33.2 Å². The highest BCUT2D eigenvalue weighted by molar-refractivity contribution is 9.09. The van der Waals surface area contributed by atoms with E-state index < -0.39 is 0 Å². The smallest absolute Gasteiger partial charge is 0.0104 e. The van der Waals surface area contributed by atoms with Crippen LogP contribution >= 0.6 is 15.9 Å². The van der Waals surface area contributed by atoms with Crippen molar-refractivity contribution in [3.05, 3.63) is 0 Å². The summed E-state index contributed by atoms with van der Waals surface area (Å²) >= 11 is 3.45. The molecule has 1 rings (SSSR count). The Morgan fingerprint density at radius 2 is 2.13 bits per heavy atom. The summed E-state index contributed by atoms with van der Waals surface area (Å²) in [5.74, 6) is 0. The molecule has 0 saturated carbocycles. The van der Waals surface area contributed by atoms with Gasteiger partial charge in [-0.05, 0) is 58.8 Å². The Labute approximate surface area is 103 Å². The molecule has 1 N–H and O–H groups in total. The van der Waals surface area contributed by atoms with E-state index in [0.29, 0.717) is 0 Å². The maximum absolute atomic E-state index is 3.54. The second-order valence-corrected chi connectivity index (χ2v) is 5.36. The number of unbranched alkanes of at least 4 members (excludes halogenated alkanes) is 1. The van der Waals surface area contributed by atoms with Gasteiger partial charge in [0.2, 0.25) is 0 Å². The summed E-state index contributed by atoms with van der Waals surface area (Å²) in [6.07, 6.45) is 8.14. The number of hydrogen-bond donors (Lipinski definition) is 1. The molecule has 15 heavy (non-hydrogen) atoms. The number of hydrogen-bond acceptors (Lipinski definition) is 2. The van der Waals surface area contributed by atoms with Crippen LogP contribution in [0.1, 0.15) is 38.5 Å². The lowest BCUT2D eigenvalue weighted by Gasteiger charge is -2.32. The third-order valence-electron chi connectivity index (χ3n) is 3.31. The summed E-state index contributed by atoms with van der Waals surface area (Å²) in [5, 5.41) is 4.68. The lowest BCUT2D eigenvalue weighted by Crippen LogP contribution is -2.38. The van der Waals surface area contributed by atoms with E-state index in [9.17, 15) is 0 Å². The van der Waals surface area contributed by atoms with Crippen LogP contribution in [0.25, 0.3) is 0 Å². The normalized spacial score (nSPS) is 23.2. The molecule has 0 spiro atoms. The van der Waals surface area contributed by atoms with E-state index in [4.69, 9.17) is 0 Å². The number of nitrogens with zero attached hydrogens (tertiary/aromatic N) is 1. The van der Waals surface area contributed by atoms with Gasteiger partial charge in [0.1, 0.15) is 0 Å². The SMILES string of the molecule is CN1CCCCC1CCNCCCCBr. The van der Waals surface area contributed by atoms with Crippen molar-refractivity contribution in [2.75, 3.05) is 32.0 Å². The number of likely N-dealkylation sites (tertiary alicyclic amines) is 1. The van der Waals surface area contributed by atoms with Crippen LogP contribution in [-0.4, -0.2) is 43.0 Å². The summed E-state index contributed by atoms with van der Waals surface area (Å²) in [4.78, 5) is 2.53. The van der Waals surface area contributed by atoms with Crippen molar-refractivity contribution in [1.82, 2.24) is 10.2 Å². The van der Waals surface area contributed by atoms with Crippen LogP contribution in [0.15, 0.2) is 0 Å². The minimum atomic E-state index is 0.836. The van der Waals surface area contributed by atoms with E-state index in [1.54, 1.807) is 0 Å². The van der Waals surface area contributed by atoms with E-state index >= 15 is 0 Å². The third kappa shape index (κ3) is 5.88. The number of piperidine rings is 1. The minimum Gasteiger partial charge on any atom is -0.317 e. The van der Waals surface area contributed by atoms with Crippen LogP contribution in [0.4, 0.5) is 0 Å². The number of nitrogens with one attached hydrogen (secondary N) is 1. The topological polar surface area (TPSA) is 15.3 Å². The van der Waals surface area contributed by atoms with Gasteiger partial charge in [-0.1, -0.05) is 22.4 Å². The molecule has 0 bridgehead atoms. The average Bonchev–Trinajstić information content (AvgIpc) is 2.25. The van der Waals surface area contributed by atoms with Gasteiger partial charge in [0.05, 0.1) is 0 Å². The first kappa shape index (κ1) is 13.5. The predicted molar refractivity (Wildman–Crippen MR) is 70.8 cm³/mol. The van der Waals surface area contributed by atoms with Crippen molar-refractivity contribution >= 4 is 15.9 Å². The fourth-order valence-electron chi connectivity index (χ4n) is 2.25. The van der Waals surface area contributed by atoms with Crippen LogP contribution in [0.2, 0.25) is 0 Å². The molecule has 1 atom stereocenters. The van der Waals surface area contributed by atoms with Gasteiger partial charge in [-0.3, -0.25) is 0 Å². The molecule has 0 radical (unpaired) electrons. The maximum atomic E-state index is 3.54. The number of halogens is 1. The van der Waals surface area contributed by atoms with E-state index in [-0.39, 0.29) is 0 Å². The molecule has 0 aromatic heterocycles. The van der Waals surface area contributed by atoms with Gasteiger partial charge >= 0.3 is 0 Å². The van der Waals surface area contributed by atoms with Gasteiger partial charge in [0, 0.05) is 11.4 Å². The summed E-state index contributed by atoms with van der Waals surface area (Å²) < 4.78 is 0. The maximum Gasteiger partial charge on any atom is 0.0104 e. The Hall–Kier alpha value is 0.400. The molecule has 1 aliphatic rings. The van der Waals surface area contributed by atoms with Crippen molar-refractivity contribution in [2.45, 2.75) is 44.6 Å². The molecule has 0 aromatic rings. The van der Waals surface area contributed by atoms with Crippen LogP contribution in [0.5, 0.6) is 0 Å². The quantitative estimate of drug-likeness (QED) is 0.568. The molecule has 0 aliphatic carbocycles. The molecular weight excluding hydrogens is 252 g/mol. The Kier molecular flexibility index (Phi) is 7.67. The zero-order valence-electron chi connectivity index (χ0n) is 9.97. The second kappa shape index (κ2) is 8.54. The highest BCUT2D eigenvalue weighted by Gasteiger charge is 2.17. The molecule has 0 amide bonds. The zero-order chi connectivity index (χ0) is 10.9. The molecular formula is C12H25BrN2. The van der Waals surface area contributed by atoms with Gasteiger partial charge < -0.3 is 10.2 Å². The van der Waals surface area contributed by atoms with E-state index in [1.807, 2.05) is 0 Å². The highest BCUT2D eigenvalue weighted by Crippen LogP contribution is 2.16. The summed E-state index contributed by atoms with van der Waals surface area (Å²) in [5.41, 5.74) is 0. The van der Waals surface area contributed by atoms with Gasteiger partial charge in [0.25, 0.3) is 0 Å². The molecule has 1 aliphatic heterocycles. The first-order valence-electron chi connectivity index (χ1n) is 6.31. The molecule has 3 heteroatoms. The summed E-state index contributed by atoms with van der Waals surface area (Å²) in [7, 11) is 2.27. The van der Waals surface area contributed by atoms with Crippen molar-refractivity contribution in [3.8, 4) is 0 Å². The molecule has 1 saturated heterocycles. The molecule has 2 nitrogen and oxygen atoms in total. The first-order valence-corrected chi connectivity index (χ1v) is 7.43. The predicted octanol–water partition coefficient (Wildman–Crippen LogP) is 2.63. The lowest BCUT2D eigenvalue weighted by molar-refractivity contribution is 0.175. The second-order valence-electron chi connectivity index (χ2n) is 4.56. The highest BCUT2D eigenvalue weighted by atomic mass is 79.9.